The first-order valence-electron chi connectivity index (χ1n) is 7.66. The Morgan fingerprint density at radius 3 is 2.39 bits per heavy atom. The van der Waals surface area contributed by atoms with E-state index in [0.29, 0.717) is 18.2 Å². The van der Waals surface area contributed by atoms with Crippen molar-refractivity contribution in [3.8, 4) is 5.75 Å². The van der Waals surface area contributed by atoms with Gasteiger partial charge in [0.2, 0.25) is 0 Å². The maximum absolute atomic E-state index is 11.6. The summed E-state index contributed by atoms with van der Waals surface area (Å²) in [5, 5.41) is 11.7. The molecule has 0 radical (unpaired) electrons. The van der Waals surface area contributed by atoms with Crippen LogP contribution in [-0.4, -0.2) is 43.3 Å². The first kappa shape index (κ1) is 19.0. The molecule has 2 N–H and O–H groups in total. The number of aliphatic carboxylic acids is 1. The molecular weight excluding hydrogens is 298 g/mol. The van der Waals surface area contributed by atoms with Gasteiger partial charge in [0.15, 0.2) is 12.7 Å². The largest absolute Gasteiger partial charge is 0.484 e. The van der Waals surface area contributed by atoms with Crippen LogP contribution in [0.1, 0.15) is 25.8 Å². The SMILES string of the molecule is COC(Cc1ccc(OCC(=O)NCCC(C)C)cc1)C(=O)O. The van der Waals surface area contributed by atoms with Crippen molar-refractivity contribution < 1.29 is 24.2 Å². The number of carboxylic acid groups (broad SMARTS) is 1. The molecular formula is C17H25NO5. The van der Waals surface area contributed by atoms with Crippen LogP contribution in [0.25, 0.3) is 0 Å². The van der Waals surface area contributed by atoms with Gasteiger partial charge in [-0.05, 0) is 30.0 Å². The molecule has 0 saturated heterocycles. The summed E-state index contributed by atoms with van der Waals surface area (Å²) in [6.07, 6.45) is 0.348. The quantitative estimate of drug-likeness (QED) is 0.686. The predicted molar refractivity (Wildman–Crippen MR) is 86.5 cm³/mol. The van der Waals surface area contributed by atoms with Gasteiger partial charge < -0.3 is 19.9 Å². The van der Waals surface area contributed by atoms with Crippen LogP contribution in [0.3, 0.4) is 0 Å². The molecule has 0 bridgehead atoms. The number of ether oxygens (including phenoxy) is 2. The van der Waals surface area contributed by atoms with Gasteiger partial charge in [0, 0.05) is 20.1 Å². The van der Waals surface area contributed by atoms with Gasteiger partial charge in [-0.15, -0.1) is 0 Å². The van der Waals surface area contributed by atoms with Crippen LogP contribution >= 0.6 is 0 Å². The lowest BCUT2D eigenvalue weighted by Gasteiger charge is -2.11. The molecule has 0 saturated carbocycles. The second kappa shape index (κ2) is 9.84. The number of rotatable bonds is 10. The van der Waals surface area contributed by atoms with E-state index in [-0.39, 0.29) is 18.9 Å². The number of carbonyl (C=O) groups is 2. The molecule has 6 nitrogen and oxygen atoms in total. The smallest absolute Gasteiger partial charge is 0.333 e. The van der Waals surface area contributed by atoms with Gasteiger partial charge in [0.25, 0.3) is 5.91 Å². The zero-order chi connectivity index (χ0) is 17.2. The number of nitrogens with one attached hydrogen (secondary N) is 1. The average Bonchev–Trinajstić information content (AvgIpc) is 2.51. The van der Waals surface area contributed by atoms with Gasteiger partial charge in [-0.2, -0.15) is 0 Å². The van der Waals surface area contributed by atoms with Crippen LogP contribution in [0.5, 0.6) is 5.75 Å². The van der Waals surface area contributed by atoms with Crippen molar-refractivity contribution in [1.82, 2.24) is 5.32 Å². The fourth-order valence-electron chi connectivity index (χ4n) is 1.91. The average molecular weight is 323 g/mol. The van der Waals surface area contributed by atoms with Gasteiger partial charge in [-0.1, -0.05) is 26.0 Å². The summed E-state index contributed by atoms with van der Waals surface area (Å²) in [4.78, 5) is 22.5. The molecule has 1 atom stereocenters. The molecule has 6 heteroatoms. The summed E-state index contributed by atoms with van der Waals surface area (Å²) in [5.41, 5.74) is 0.827. The molecule has 1 rings (SSSR count). The highest BCUT2D eigenvalue weighted by molar-refractivity contribution is 5.77. The monoisotopic (exact) mass is 323 g/mol. The number of carbonyl (C=O) groups excluding carboxylic acids is 1. The van der Waals surface area contributed by atoms with Gasteiger partial charge in [0.05, 0.1) is 0 Å². The van der Waals surface area contributed by atoms with Crippen LogP contribution in [-0.2, 0) is 20.7 Å². The number of benzene rings is 1. The number of carboxylic acids is 1. The molecule has 0 spiro atoms. The highest BCUT2D eigenvalue weighted by Crippen LogP contribution is 2.14. The molecule has 1 amide bonds. The number of methoxy groups -OCH3 is 1. The lowest BCUT2D eigenvalue weighted by atomic mass is 10.1. The van der Waals surface area contributed by atoms with Crippen LogP contribution in [0.4, 0.5) is 0 Å². The Morgan fingerprint density at radius 2 is 1.87 bits per heavy atom. The molecule has 0 aliphatic rings. The molecule has 1 unspecified atom stereocenters. The maximum atomic E-state index is 11.6. The highest BCUT2D eigenvalue weighted by atomic mass is 16.5. The molecule has 0 aliphatic heterocycles. The molecule has 23 heavy (non-hydrogen) atoms. The topological polar surface area (TPSA) is 84.9 Å². The third kappa shape index (κ3) is 7.65. The number of amides is 1. The summed E-state index contributed by atoms with van der Waals surface area (Å²) in [6.45, 7) is 4.81. The van der Waals surface area contributed by atoms with Crippen molar-refractivity contribution in [1.29, 1.82) is 0 Å². The summed E-state index contributed by atoms with van der Waals surface area (Å²) < 4.78 is 10.3. The van der Waals surface area contributed by atoms with E-state index >= 15 is 0 Å². The molecule has 128 valence electrons. The third-order valence-electron chi connectivity index (χ3n) is 3.32. The van der Waals surface area contributed by atoms with Crippen LogP contribution in [0.15, 0.2) is 24.3 Å². The lowest BCUT2D eigenvalue weighted by Crippen LogP contribution is -2.30. The van der Waals surface area contributed by atoms with Crippen molar-refractivity contribution in [3.63, 3.8) is 0 Å². The van der Waals surface area contributed by atoms with E-state index in [1.165, 1.54) is 7.11 Å². The Labute approximate surface area is 136 Å². The standard InChI is InChI=1S/C17H25NO5/c1-12(2)8-9-18-16(19)11-23-14-6-4-13(5-7-14)10-15(22-3)17(20)21/h4-7,12,15H,8-11H2,1-3H3,(H,18,19)(H,20,21). The second-order valence-corrected chi connectivity index (χ2v) is 5.73. The van der Waals surface area contributed by atoms with Gasteiger partial charge in [-0.3, -0.25) is 4.79 Å². The zero-order valence-electron chi connectivity index (χ0n) is 13.9. The Hall–Kier alpha value is -2.08. The summed E-state index contributed by atoms with van der Waals surface area (Å²) in [6, 6.07) is 6.96. The van der Waals surface area contributed by atoms with Crippen molar-refractivity contribution in [2.75, 3.05) is 20.3 Å². The lowest BCUT2D eigenvalue weighted by molar-refractivity contribution is -0.148. The molecule has 1 aromatic rings. The van der Waals surface area contributed by atoms with E-state index in [1.807, 2.05) is 0 Å². The van der Waals surface area contributed by atoms with Crippen molar-refractivity contribution in [2.24, 2.45) is 5.92 Å². The highest BCUT2D eigenvalue weighted by Gasteiger charge is 2.16. The molecule has 0 heterocycles. The normalized spacial score (nSPS) is 12.0. The zero-order valence-corrected chi connectivity index (χ0v) is 13.9. The predicted octanol–water partition coefficient (Wildman–Crippen LogP) is 1.87. The Kier molecular flexibility index (Phi) is 8.11. The van der Waals surface area contributed by atoms with Gasteiger partial charge in [0.1, 0.15) is 5.75 Å². The number of hydrogen-bond donors (Lipinski definition) is 2. The van der Waals surface area contributed by atoms with E-state index in [4.69, 9.17) is 14.6 Å². The van der Waals surface area contributed by atoms with Crippen molar-refractivity contribution in [2.45, 2.75) is 32.8 Å². The minimum absolute atomic E-state index is 0.0345. The van der Waals surface area contributed by atoms with Crippen molar-refractivity contribution >= 4 is 11.9 Å². The Balaban J connectivity index is 2.39. The van der Waals surface area contributed by atoms with E-state index in [2.05, 4.69) is 19.2 Å². The summed E-state index contributed by atoms with van der Waals surface area (Å²) >= 11 is 0. The molecule has 0 aromatic heterocycles. The first-order chi connectivity index (χ1) is 10.9. The summed E-state index contributed by atoms with van der Waals surface area (Å²) in [5.74, 6) is -0.0338. The van der Waals surface area contributed by atoms with Gasteiger partial charge in [-0.25, -0.2) is 4.79 Å². The fourth-order valence-corrected chi connectivity index (χ4v) is 1.91. The minimum atomic E-state index is -0.995. The van der Waals surface area contributed by atoms with E-state index in [1.54, 1.807) is 24.3 Å². The van der Waals surface area contributed by atoms with Gasteiger partial charge >= 0.3 is 5.97 Å². The molecule has 0 fully saturated rings. The van der Waals surface area contributed by atoms with E-state index < -0.39 is 12.1 Å². The fraction of sp³-hybridized carbons (Fsp3) is 0.529. The third-order valence-corrected chi connectivity index (χ3v) is 3.32. The molecule has 0 aliphatic carbocycles. The van der Waals surface area contributed by atoms with E-state index in [0.717, 1.165) is 12.0 Å². The maximum Gasteiger partial charge on any atom is 0.333 e. The van der Waals surface area contributed by atoms with Crippen molar-refractivity contribution in [3.05, 3.63) is 29.8 Å². The minimum Gasteiger partial charge on any atom is -0.484 e. The Bertz CT molecular complexity index is 498. The van der Waals surface area contributed by atoms with Crippen LogP contribution in [0.2, 0.25) is 0 Å². The summed E-state index contributed by atoms with van der Waals surface area (Å²) in [7, 11) is 1.37. The number of hydrogen-bond acceptors (Lipinski definition) is 4. The van der Waals surface area contributed by atoms with Crippen LogP contribution in [0, 0.1) is 5.92 Å². The first-order valence-corrected chi connectivity index (χ1v) is 7.66. The second-order valence-electron chi connectivity index (χ2n) is 5.73. The Morgan fingerprint density at radius 1 is 1.22 bits per heavy atom. The van der Waals surface area contributed by atoms with Crippen LogP contribution < -0.4 is 10.1 Å². The van der Waals surface area contributed by atoms with E-state index in [9.17, 15) is 9.59 Å². The molecule has 1 aromatic carbocycles.